The molecule has 1 aromatic carbocycles. The molecule has 1 aliphatic carbocycles. The molecule has 26 heavy (non-hydrogen) atoms. The average Bonchev–Trinajstić information content (AvgIpc) is 3.30. The molecule has 3 aromatic rings. The number of aromatic nitrogens is 3. The molecule has 134 valence electrons. The first-order valence-electron chi connectivity index (χ1n) is 8.75. The highest BCUT2D eigenvalue weighted by Crippen LogP contribution is 2.38. The fraction of sp³-hybridized carbons (Fsp3) is 0.300. The summed E-state index contributed by atoms with van der Waals surface area (Å²) in [7, 11) is 3.48. The van der Waals surface area contributed by atoms with Gasteiger partial charge in [0, 0.05) is 24.8 Å². The lowest BCUT2D eigenvalue weighted by atomic mass is 10.0. The van der Waals surface area contributed by atoms with Gasteiger partial charge in [-0.3, -0.25) is 9.48 Å². The zero-order valence-electron chi connectivity index (χ0n) is 15.2. The number of rotatable bonds is 5. The number of hydrogen-bond donors (Lipinski definition) is 1. The lowest BCUT2D eigenvalue weighted by molar-refractivity contribution is 0.101. The second kappa shape index (κ2) is 6.37. The van der Waals surface area contributed by atoms with Gasteiger partial charge in [0.1, 0.15) is 17.3 Å². The van der Waals surface area contributed by atoms with Crippen molar-refractivity contribution >= 4 is 11.7 Å². The Morgan fingerprint density at radius 2 is 2.00 bits per heavy atom. The summed E-state index contributed by atoms with van der Waals surface area (Å²) in [6.45, 7) is 1.93. The van der Waals surface area contributed by atoms with Crippen molar-refractivity contribution in [2.75, 3.05) is 12.4 Å². The largest absolute Gasteiger partial charge is 0.496 e. The predicted octanol–water partition coefficient (Wildman–Crippen LogP) is 3.79. The Morgan fingerprint density at radius 3 is 2.73 bits per heavy atom. The molecule has 2 aromatic heterocycles. The van der Waals surface area contributed by atoms with E-state index in [1.807, 2.05) is 56.6 Å². The Morgan fingerprint density at radius 1 is 1.23 bits per heavy atom. The van der Waals surface area contributed by atoms with Crippen molar-refractivity contribution in [3.63, 3.8) is 0 Å². The number of anilines is 1. The van der Waals surface area contributed by atoms with E-state index < -0.39 is 0 Å². The number of nitrogens with one attached hydrogen (secondary N) is 1. The maximum Gasteiger partial charge on any atom is 0.273 e. The van der Waals surface area contributed by atoms with Gasteiger partial charge in [-0.1, -0.05) is 18.2 Å². The highest BCUT2D eigenvalue weighted by molar-refractivity contribution is 6.05. The van der Waals surface area contributed by atoms with E-state index in [4.69, 9.17) is 4.74 Å². The first kappa shape index (κ1) is 16.4. The van der Waals surface area contributed by atoms with Gasteiger partial charge in [-0.05, 0) is 38.0 Å². The fourth-order valence-electron chi connectivity index (χ4n) is 3.40. The zero-order valence-corrected chi connectivity index (χ0v) is 15.2. The van der Waals surface area contributed by atoms with Gasteiger partial charge >= 0.3 is 0 Å². The first-order chi connectivity index (χ1) is 12.6. The van der Waals surface area contributed by atoms with Crippen LogP contribution in [-0.4, -0.2) is 27.4 Å². The van der Waals surface area contributed by atoms with E-state index in [9.17, 15) is 4.79 Å². The summed E-state index contributed by atoms with van der Waals surface area (Å²) in [5.41, 5.74) is 3.30. The predicted molar refractivity (Wildman–Crippen MR) is 101 cm³/mol. The second-order valence-electron chi connectivity index (χ2n) is 6.62. The number of para-hydroxylation sites is 1. The molecule has 1 N–H and O–H groups in total. The number of hydrogen-bond acceptors (Lipinski definition) is 3. The first-order valence-corrected chi connectivity index (χ1v) is 8.75. The summed E-state index contributed by atoms with van der Waals surface area (Å²) in [5.74, 6) is 1.29. The quantitative estimate of drug-likeness (QED) is 0.761. The number of benzene rings is 1. The smallest absolute Gasteiger partial charge is 0.273 e. The van der Waals surface area contributed by atoms with Crippen LogP contribution < -0.4 is 10.1 Å². The fourth-order valence-corrected chi connectivity index (χ4v) is 3.40. The van der Waals surface area contributed by atoms with Crippen LogP contribution >= 0.6 is 0 Å². The maximum atomic E-state index is 12.9. The summed E-state index contributed by atoms with van der Waals surface area (Å²) < 4.78 is 9.27. The molecule has 0 saturated heterocycles. The normalized spacial score (nSPS) is 13.7. The van der Waals surface area contributed by atoms with Gasteiger partial charge in [-0.15, -0.1) is 0 Å². The SMILES string of the molecule is COc1ccccc1-c1c(C)nn(C)c1NC(=O)c1cccn1C1CC1. The number of amides is 1. The Bertz CT molecular complexity index is 966. The Balaban J connectivity index is 1.73. The van der Waals surface area contributed by atoms with Crippen LogP contribution in [0, 0.1) is 6.92 Å². The van der Waals surface area contributed by atoms with E-state index in [-0.39, 0.29) is 5.91 Å². The highest BCUT2D eigenvalue weighted by Gasteiger charge is 2.28. The Kier molecular flexibility index (Phi) is 4.03. The maximum absolute atomic E-state index is 12.9. The van der Waals surface area contributed by atoms with Crippen LogP contribution in [0.1, 0.15) is 35.1 Å². The monoisotopic (exact) mass is 350 g/mol. The van der Waals surface area contributed by atoms with E-state index in [0.29, 0.717) is 17.6 Å². The lowest BCUT2D eigenvalue weighted by Crippen LogP contribution is -2.18. The van der Waals surface area contributed by atoms with E-state index in [1.165, 1.54) is 0 Å². The molecule has 1 aliphatic rings. The van der Waals surface area contributed by atoms with Gasteiger partial charge in [0.25, 0.3) is 5.91 Å². The van der Waals surface area contributed by atoms with E-state index in [1.54, 1.807) is 11.8 Å². The molecule has 1 saturated carbocycles. The molecule has 0 spiro atoms. The molecular formula is C20H22N4O2. The third-order valence-corrected chi connectivity index (χ3v) is 4.78. The molecular weight excluding hydrogens is 328 g/mol. The molecule has 0 radical (unpaired) electrons. The van der Waals surface area contributed by atoms with Gasteiger partial charge in [-0.25, -0.2) is 0 Å². The minimum absolute atomic E-state index is 0.124. The van der Waals surface area contributed by atoms with Crippen LogP contribution in [0.5, 0.6) is 5.75 Å². The lowest BCUT2D eigenvalue weighted by Gasteiger charge is -2.13. The van der Waals surface area contributed by atoms with E-state index in [0.717, 1.165) is 35.4 Å². The number of ether oxygens (including phenoxy) is 1. The van der Waals surface area contributed by atoms with Crippen molar-refractivity contribution < 1.29 is 9.53 Å². The van der Waals surface area contributed by atoms with Crippen molar-refractivity contribution in [1.82, 2.24) is 14.3 Å². The van der Waals surface area contributed by atoms with Gasteiger partial charge < -0.3 is 14.6 Å². The summed E-state index contributed by atoms with van der Waals surface area (Å²) >= 11 is 0. The molecule has 0 bridgehead atoms. The van der Waals surface area contributed by atoms with E-state index >= 15 is 0 Å². The number of aryl methyl sites for hydroxylation is 2. The Labute approximate surface area is 152 Å². The highest BCUT2D eigenvalue weighted by atomic mass is 16.5. The Hall–Kier alpha value is -3.02. The topological polar surface area (TPSA) is 61.1 Å². The van der Waals surface area contributed by atoms with Gasteiger partial charge in [-0.2, -0.15) is 5.10 Å². The van der Waals surface area contributed by atoms with Gasteiger partial charge in [0.05, 0.1) is 18.4 Å². The van der Waals surface area contributed by atoms with Crippen molar-refractivity contribution in [2.45, 2.75) is 25.8 Å². The zero-order chi connectivity index (χ0) is 18.3. The van der Waals surface area contributed by atoms with Crippen LogP contribution in [0.2, 0.25) is 0 Å². The molecule has 2 heterocycles. The van der Waals surface area contributed by atoms with Crippen molar-refractivity contribution in [3.05, 3.63) is 54.0 Å². The third kappa shape index (κ3) is 2.77. The molecule has 6 heteroatoms. The van der Waals surface area contributed by atoms with Crippen LogP contribution in [0.15, 0.2) is 42.6 Å². The molecule has 1 fully saturated rings. The molecule has 0 unspecified atom stereocenters. The number of carbonyl (C=O) groups is 1. The summed E-state index contributed by atoms with van der Waals surface area (Å²) in [5, 5.41) is 7.57. The average molecular weight is 350 g/mol. The minimum Gasteiger partial charge on any atom is -0.496 e. The van der Waals surface area contributed by atoms with Crippen LogP contribution in [-0.2, 0) is 7.05 Å². The van der Waals surface area contributed by atoms with Crippen LogP contribution in [0.4, 0.5) is 5.82 Å². The van der Waals surface area contributed by atoms with Gasteiger partial charge in [0.2, 0.25) is 0 Å². The third-order valence-electron chi connectivity index (χ3n) is 4.78. The minimum atomic E-state index is -0.124. The summed E-state index contributed by atoms with van der Waals surface area (Å²) in [6, 6.07) is 12.0. The number of carbonyl (C=O) groups excluding carboxylic acids is 1. The summed E-state index contributed by atoms with van der Waals surface area (Å²) in [4.78, 5) is 12.9. The molecule has 0 atom stereocenters. The second-order valence-corrected chi connectivity index (χ2v) is 6.62. The van der Waals surface area contributed by atoms with E-state index in [2.05, 4.69) is 15.0 Å². The van der Waals surface area contributed by atoms with Crippen LogP contribution in [0.25, 0.3) is 11.1 Å². The standard InChI is InChI=1S/C20H22N4O2/c1-13-18(15-7-4-5-9-17(15)26-3)19(23(2)22-13)21-20(25)16-8-6-12-24(16)14-10-11-14/h4-9,12,14H,10-11H2,1-3H3,(H,21,25). The van der Waals surface area contributed by atoms with Crippen molar-refractivity contribution in [2.24, 2.45) is 7.05 Å². The molecule has 4 rings (SSSR count). The van der Waals surface area contributed by atoms with Crippen molar-refractivity contribution in [3.8, 4) is 16.9 Å². The number of methoxy groups -OCH3 is 1. The molecule has 6 nitrogen and oxygen atoms in total. The van der Waals surface area contributed by atoms with Crippen molar-refractivity contribution in [1.29, 1.82) is 0 Å². The molecule has 0 aliphatic heterocycles. The van der Waals surface area contributed by atoms with Crippen LogP contribution in [0.3, 0.4) is 0 Å². The summed E-state index contributed by atoms with van der Waals surface area (Å²) in [6.07, 6.45) is 4.24. The number of nitrogens with zero attached hydrogens (tertiary/aromatic N) is 3. The molecule has 1 amide bonds. The van der Waals surface area contributed by atoms with Gasteiger partial charge in [0.15, 0.2) is 0 Å².